The highest BCUT2D eigenvalue weighted by atomic mass is 35.5. The SMILES string of the molecule is ClC1=C(Cl)[C@]2(Cl)[C@@H]3CC[C@@H]4[C@H](CC[C@@H]3[C@@]1(Cl)C2(Cl)Cl)[C@]1(Cl)C(Cl)=C(Cl)[C@@]4(Cl)C1(Cl)Cl. The summed E-state index contributed by atoms with van der Waals surface area (Å²) in [7, 11) is 0. The van der Waals surface area contributed by atoms with Gasteiger partial charge in [-0.1, -0.05) is 92.8 Å². The first-order valence-electron chi connectivity index (χ1n) is 9.22. The van der Waals surface area contributed by atoms with Crippen LogP contribution in [0.3, 0.4) is 0 Å². The lowest BCUT2D eigenvalue weighted by atomic mass is 9.67. The molecule has 0 heterocycles. The molecule has 0 nitrogen and oxygen atoms in total. The molecule has 168 valence electrons. The van der Waals surface area contributed by atoms with Gasteiger partial charge in [0.2, 0.25) is 0 Å². The van der Waals surface area contributed by atoms with E-state index in [-0.39, 0.29) is 43.8 Å². The lowest BCUT2D eigenvalue weighted by Gasteiger charge is -2.44. The molecule has 5 aliphatic rings. The molecule has 0 aromatic heterocycles. The summed E-state index contributed by atoms with van der Waals surface area (Å²) in [6, 6.07) is 0. The zero-order valence-corrected chi connectivity index (χ0v) is 23.7. The highest BCUT2D eigenvalue weighted by molar-refractivity contribution is 6.66. The van der Waals surface area contributed by atoms with Crippen LogP contribution in [-0.4, -0.2) is 28.2 Å². The molecule has 8 atom stereocenters. The minimum absolute atomic E-state index is 0.191. The molecule has 0 N–H and O–H groups in total. The van der Waals surface area contributed by atoms with Crippen molar-refractivity contribution in [2.45, 2.75) is 53.8 Å². The number of fused-ring (bicyclic) bond motifs is 10. The Morgan fingerprint density at radius 3 is 0.733 bits per heavy atom. The summed E-state index contributed by atoms with van der Waals surface area (Å²) in [5, 5.41) is 0.765. The Morgan fingerprint density at radius 2 is 0.567 bits per heavy atom. The number of hydrogen-bond donors (Lipinski definition) is 0. The Balaban J connectivity index is 1.62. The van der Waals surface area contributed by atoms with Gasteiger partial charge in [0, 0.05) is 0 Å². The molecule has 3 saturated carbocycles. The molecule has 4 bridgehead atoms. The van der Waals surface area contributed by atoms with Crippen LogP contribution in [0.25, 0.3) is 0 Å². The Kier molecular flexibility index (Phi) is 5.61. The number of allylic oxidation sites excluding steroid dienone is 4. The third-order valence-corrected chi connectivity index (χ3v) is 16.8. The van der Waals surface area contributed by atoms with Crippen molar-refractivity contribution >= 4 is 139 Å². The molecule has 5 rings (SSSR count). The molecule has 30 heavy (non-hydrogen) atoms. The number of alkyl halides is 8. The maximum Gasteiger partial charge on any atom is 0.166 e. The van der Waals surface area contributed by atoms with E-state index >= 15 is 0 Å². The molecular formula is C18H12Cl12. The van der Waals surface area contributed by atoms with Gasteiger partial charge in [-0.2, -0.15) is 0 Å². The fourth-order valence-corrected chi connectivity index (χ4v) is 13.0. The molecule has 0 unspecified atom stereocenters. The molecule has 12 heteroatoms. The van der Waals surface area contributed by atoms with Crippen molar-refractivity contribution in [2.75, 3.05) is 0 Å². The van der Waals surface area contributed by atoms with Gasteiger partial charge in [0.15, 0.2) is 8.67 Å². The van der Waals surface area contributed by atoms with Gasteiger partial charge in [0.25, 0.3) is 0 Å². The minimum atomic E-state index is -1.58. The van der Waals surface area contributed by atoms with Gasteiger partial charge in [-0.05, 0) is 49.4 Å². The largest absolute Gasteiger partial charge is 0.166 e. The molecule has 0 aliphatic heterocycles. The quantitative estimate of drug-likeness (QED) is 0.229. The van der Waals surface area contributed by atoms with Crippen molar-refractivity contribution in [2.24, 2.45) is 23.7 Å². The maximum atomic E-state index is 7.02. The molecule has 0 saturated heterocycles. The summed E-state index contributed by atoms with van der Waals surface area (Å²) in [6.07, 6.45) is 2.22. The van der Waals surface area contributed by atoms with Gasteiger partial charge in [0.05, 0.1) is 20.1 Å². The van der Waals surface area contributed by atoms with E-state index in [2.05, 4.69) is 0 Å². The van der Waals surface area contributed by atoms with Crippen LogP contribution in [0.5, 0.6) is 0 Å². The van der Waals surface area contributed by atoms with Crippen LogP contribution in [0.1, 0.15) is 25.7 Å². The first-order chi connectivity index (χ1) is 13.6. The fourth-order valence-electron chi connectivity index (χ4n) is 6.73. The second-order valence-electron chi connectivity index (χ2n) is 8.83. The third-order valence-electron chi connectivity index (χ3n) is 8.08. The average Bonchev–Trinajstić information content (AvgIpc) is 2.96. The van der Waals surface area contributed by atoms with Crippen LogP contribution in [0.2, 0.25) is 0 Å². The second kappa shape index (κ2) is 6.83. The molecule has 0 aromatic carbocycles. The zero-order chi connectivity index (χ0) is 22.4. The van der Waals surface area contributed by atoms with Crippen molar-refractivity contribution in [3.8, 4) is 0 Å². The van der Waals surface area contributed by atoms with Crippen LogP contribution in [0.4, 0.5) is 0 Å². The van der Waals surface area contributed by atoms with Crippen LogP contribution in [0, 0.1) is 23.7 Å². The van der Waals surface area contributed by atoms with E-state index in [1.807, 2.05) is 0 Å². The minimum Gasteiger partial charge on any atom is -0.109 e. The molecule has 0 spiro atoms. The third kappa shape index (κ3) is 2.18. The molecule has 0 aromatic rings. The number of hydrogen-bond acceptors (Lipinski definition) is 0. The molecule has 5 aliphatic carbocycles. The van der Waals surface area contributed by atoms with Crippen LogP contribution in [0.15, 0.2) is 20.1 Å². The Labute approximate surface area is 234 Å². The van der Waals surface area contributed by atoms with E-state index in [4.69, 9.17) is 139 Å². The van der Waals surface area contributed by atoms with E-state index in [1.165, 1.54) is 0 Å². The van der Waals surface area contributed by atoms with Gasteiger partial charge >= 0.3 is 0 Å². The van der Waals surface area contributed by atoms with Crippen LogP contribution >= 0.6 is 139 Å². The number of rotatable bonds is 0. The van der Waals surface area contributed by atoms with Crippen molar-refractivity contribution in [3.63, 3.8) is 0 Å². The highest BCUT2D eigenvalue weighted by Crippen LogP contribution is 2.81. The van der Waals surface area contributed by atoms with Crippen molar-refractivity contribution in [1.82, 2.24) is 0 Å². The van der Waals surface area contributed by atoms with E-state index in [0.29, 0.717) is 25.7 Å². The van der Waals surface area contributed by atoms with Crippen LogP contribution in [-0.2, 0) is 0 Å². The smallest absolute Gasteiger partial charge is 0.109 e. The normalized spacial score (nSPS) is 55.6. The summed E-state index contributed by atoms with van der Waals surface area (Å²) in [5.74, 6) is -0.976. The molecule has 3 fully saturated rings. The Bertz CT molecular complexity index is 782. The Hall–Kier alpha value is 2.96. The van der Waals surface area contributed by atoms with Crippen molar-refractivity contribution in [1.29, 1.82) is 0 Å². The predicted octanol–water partition coefficient (Wildman–Crippen LogP) is 9.72. The monoisotopic (exact) mass is 648 g/mol. The van der Waals surface area contributed by atoms with Gasteiger partial charge in [-0.25, -0.2) is 0 Å². The predicted molar refractivity (Wildman–Crippen MR) is 133 cm³/mol. The average molecular weight is 654 g/mol. The summed E-state index contributed by atoms with van der Waals surface area (Å²) >= 11 is 81.3. The summed E-state index contributed by atoms with van der Waals surface area (Å²) in [4.78, 5) is -5.28. The lowest BCUT2D eigenvalue weighted by Crippen LogP contribution is -2.45. The first-order valence-corrected chi connectivity index (χ1v) is 13.8. The van der Waals surface area contributed by atoms with E-state index < -0.39 is 28.2 Å². The first kappa shape index (κ1) is 24.6. The van der Waals surface area contributed by atoms with Gasteiger partial charge in [0.1, 0.15) is 19.5 Å². The fraction of sp³-hybridized carbons (Fsp3) is 0.778. The van der Waals surface area contributed by atoms with Gasteiger partial charge < -0.3 is 0 Å². The Morgan fingerprint density at radius 1 is 0.400 bits per heavy atom. The topological polar surface area (TPSA) is 0 Å². The summed E-state index contributed by atoms with van der Waals surface area (Å²) < 4.78 is -3.17. The van der Waals surface area contributed by atoms with Gasteiger partial charge in [-0.15, -0.1) is 46.4 Å². The van der Waals surface area contributed by atoms with E-state index in [0.717, 1.165) is 0 Å². The molecule has 0 radical (unpaired) electrons. The number of halogens is 12. The van der Waals surface area contributed by atoms with Crippen molar-refractivity contribution < 1.29 is 0 Å². The maximum absolute atomic E-state index is 7.02. The second-order valence-corrected chi connectivity index (χ2v) is 15.4. The molecule has 0 amide bonds. The van der Waals surface area contributed by atoms with E-state index in [9.17, 15) is 0 Å². The lowest BCUT2D eigenvalue weighted by molar-refractivity contribution is 0.175. The standard InChI is InChI=1S/C18H12Cl12/c19-9-10(20)15(25)7-3-4-8-6(2-1-5(7)13(9,23)17(15,27)28)14(24)11(21)12(22)16(8,26)18(14,29)30/h5-8H,1-4H2/t5-,6-,7+,8+,13-,14-,15+,16+. The summed E-state index contributed by atoms with van der Waals surface area (Å²) in [6.45, 7) is 0. The summed E-state index contributed by atoms with van der Waals surface area (Å²) in [5.41, 5.74) is 0. The van der Waals surface area contributed by atoms with Crippen LogP contribution < -0.4 is 0 Å². The molecular weight excluding hydrogens is 642 g/mol. The van der Waals surface area contributed by atoms with E-state index in [1.54, 1.807) is 0 Å². The van der Waals surface area contributed by atoms with Crippen molar-refractivity contribution in [3.05, 3.63) is 20.1 Å². The zero-order valence-electron chi connectivity index (χ0n) is 14.7. The highest BCUT2D eigenvalue weighted by Gasteiger charge is 2.85. The van der Waals surface area contributed by atoms with Gasteiger partial charge in [-0.3, -0.25) is 0 Å².